The van der Waals surface area contributed by atoms with Gasteiger partial charge in [0, 0.05) is 6.04 Å². The summed E-state index contributed by atoms with van der Waals surface area (Å²) in [6.45, 7) is 2.51. The molecule has 0 amide bonds. The quantitative estimate of drug-likeness (QED) is 0.767. The van der Waals surface area contributed by atoms with Gasteiger partial charge in [0.1, 0.15) is 5.75 Å². The van der Waals surface area contributed by atoms with Crippen LogP contribution in [0.2, 0.25) is 0 Å². The number of carbonyl (C=O) groups excluding carboxylic acids is 1. The summed E-state index contributed by atoms with van der Waals surface area (Å²) in [6.07, 6.45) is 2.43. The fourth-order valence-electron chi connectivity index (χ4n) is 2.20. The first-order valence-corrected chi connectivity index (χ1v) is 6.77. The van der Waals surface area contributed by atoms with Crippen LogP contribution >= 0.6 is 0 Å². The van der Waals surface area contributed by atoms with Gasteiger partial charge in [-0.15, -0.1) is 0 Å². The molecule has 104 valence electrons. The maximum absolute atomic E-state index is 11.4. The normalized spacial score (nSPS) is 15.9. The van der Waals surface area contributed by atoms with Crippen LogP contribution in [-0.2, 0) is 9.53 Å². The summed E-state index contributed by atoms with van der Waals surface area (Å²) in [4.78, 5) is 11.4. The zero-order valence-electron chi connectivity index (χ0n) is 11.5. The van der Waals surface area contributed by atoms with Gasteiger partial charge in [0.15, 0.2) is 0 Å². The Morgan fingerprint density at radius 3 is 2.58 bits per heavy atom. The van der Waals surface area contributed by atoms with E-state index < -0.39 is 0 Å². The Hall–Kier alpha value is -1.55. The van der Waals surface area contributed by atoms with E-state index in [-0.39, 0.29) is 18.6 Å². The van der Waals surface area contributed by atoms with E-state index in [1.807, 2.05) is 19.1 Å². The standard InChI is InChI=1S/C15H21NO3/c1-3-19-14(17)10-16-15(11-4-5-11)12-6-8-13(18-2)9-7-12/h6-9,11,15-16H,3-5,10H2,1-2H3. The van der Waals surface area contributed by atoms with Crippen molar-refractivity contribution in [1.29, 1.82) is 0 Å². The van der Waals surface area contributed by atoms with Gasteiger partial charge >= 0.3 is 5.97 Å². The fraction of sp³-hybridized carbons (Fsp3) is 0.533. The van der Waals surface area contributed by atoms with Gasteiger partial charge in [-0.1, -0.05) is 12.1 Å². The van der Waals surface area contributed by atoms with E-state index in [2.05, 4.69) is 17.4 Å². The smallest absolute Gasteiger partial charge is 0.319 e. The summed E-state index contributed by atoms with van der Waals surface area (Å²) in [5.74, 6) is 1.29. The van der Waals surface area contributed by atoms with Crippen LogP contribution in [0, 0.1) is 5.92 Å². The molecule has 4 heteroatoms. The van der Waals surface area contributed by atoms with Crippen LogP contribution in [-0.4, -0.2) is 26.2 Å². The van der Waals surface area contributed by atoms with Crippen molar-refractivity contribution in [3.63, 3.8) is 0 Å². The van der Waals surface area contributed by atoms with Gasteiger partial charge in [0.2, 0.25) is 0 Å². The van der Waals surface area contributed by atoms with Gasteiger partial charge in [0.05, 0.1) is 20.3 Å². The minimum Gasteiger partial charge on any atom is -0.497 e. The van der Waals surface area contributed by atoms with E-state index in [1.165, 1.54) is 18.4 Å². The summed E-state index contributed by atoms with van der Waals surface area (Å²) < 4.78 is 10.1. The van der Waals surface area contributed by atoms with Crippen molar-refractivity contribution in [1.82, 2.24) is 5.32 Å². The zero-order chi connectivity index (χ0) is 13.7. The van der Waals surface area contributed by atoms with Crippen molar-refractivity contribution in [3.05, 3.63) is 29.8 Å². The second-order valence-electron chi connectivity index (χ2n) is 4.77. The first kappa shape index (κ1) is 13.9. The molecule has 1 aromatic carbocycles. The Labute approximate surface area is 114 Å². The van der Waals surface area contributed by atoms with Crippen molar-refractivity contribution in [3.8, 4) is 5.75 Å². The van der Waals surface area contributed by atoms with E-state index in [9.17, 15) is 4.79 Å². The summed E-state index contributed by atoms with van der Waals surface area (Å²) >= 11 is 0. The molecule has 0 bridgehead atoms. The molecule has 1 aliphatic carbocycles. The monoisotopic (exact) mass is 263 g/mol. The Bertz CT molecular complexity index is 412. The Morgan fingerprint density at radius 2 is 2.05 bits per heavy atom. The highest BCUT2D eigenvalue weighted by molar-refractivity contribution is 5.71. The molecule has 0 aliphatic heterocycles. The Morgan fingerprint density at radius 1 is 1.37 bits per heavy atom. The molecule has 0 spiro atoms. The lowest BCUT2D eigenvalue weighted by Crippen LogP contribution is -2.30. The highest BCUT2D eigenvalue weighted by atomic mass is 16.5. The van der Waals surface area contributed by atoms with Crippen LogP contribution in [0.1, 0.15) is 31.4 Å². The molecule has 1 atom stereocenters. The fourth-order valence-corrected chi connectivity index (χ4v) is 2.20. The van der Waals surface area contributed by atoms with E-state index in [4.69, 9.17) is 9.47 Å². The molecule has 2 rings (SSSR count). The third-order valence-electron chi connectivity index (χ3n) is 3.34. The third-order valence-corrected chi connectivity index (χ3v) is 3.34. The number of rotatable bonds is 7. The van der Waals surface area contributed by atoms with Gasteiger partial charge in [-0.05, 0) is 43.4 Å². The molecule has 0 aromatic heterocycles. The maximum Gasteiger partial charge on any atom is 0.319 e. The SMILES string of the molecule is CCOC(=O)CNC(c1ccc(OC)cc1)C1CC1. The third kappa shape index (κ3) is 3.96. The molecule has 1 saturated carbocycles. The molecule has 1 aliphatic rings. The highest BCUT2D eigenvalue weighted by Crippen LogP contribution is 2.41. The molecule has 1 fully saturated rings. The van der Waals surface area contributed by atoms with E-state index in [0.717, 1.165) is 5.75 Å². The van der Waals surface area contributed by atoms with Crippen LogP contribution < -0.4 is 10.1 Å². The van der Waals surface area contributed by atoms with Crippen molar-refractivity contribution in [2.75, 3.05) is 20.3 Å². The predicted molar refractivity (Wildman–Crippen MR) is 73.1 cm³/mol. The van der Waals surface area contributed by atoms with E-state index in [0.29, 0.717) is 12.5 Å². The summed E-state index contributed by atoms with van der Waals surface area (Å²) in [6, 6.07) is 8.25. The molecule has 4 nitrogen and oxygen atoms in total. The summed E-state index contributed by atoms with van der Waals surface area (Å²) in [7, 11) is 1.66. The molecular weight excluding hydrogens is 242 g/mol. The van der Waals surface area contributed by atoms with Crippen LogP contribution in [0.15, 0.2) is 24.3 Å². The number of methoxy groups -OCH3 is 1. The van der Waals surface area contributed by atoms with Crippen LogP contribution in [0.25, 0.3) is 0 Å². The average Bonchev–Trinajstić information content (AvgIpc) is 3.25. The lowest BCUT2D eigenvalue weighted by Gasteiger charge is -2.18. The molecule has 1 unspecified atom stereocenters. The first-order chi connectivity index (χ1) is 9.24. The molecule has 1 N–H and O–H groups in total. The summed E-state index contributed by atoms with van der Waals surface area (Å²) in [5.41, 5.74) is 1.20. The molecule has 19 heavy (non-hydrogen) atoms. The molecule has 0 radical (unpaired) electrons. The average molecular weight is 263 g/mol. The van der Waals surface area contributed by atoms with Crippen molar-refractivity contribution < 1.29 is 14.3 Å². The minimum atomic E-state index is -0.193. The van der Waals surface area contributed by atoms with Crippen LogP contribution in [0.3, 0.4) is 0 Å². The van der Waals surface area contributed by atoms with Gasteiger partial charge in [-0.2, -0.15) is 0 Å². The van der Waals surface area contributed by atoms with Gasteiger partial charge in [0.25, 0.3) is 0 Å². The van der Waals surface area contributed by atoms with Crippen LogP contribution in [0.4, 0.5) is 0 Å². The lowest BCUT2D eigenvalue weighted by atomic mass is 10.0. The van der Waals surface area contributed by atoms with Crippen molar-refractivity contribution in [2.45, 2.75) is 25.8 Å². The highest BCUT2D eigenvalue weighted by Gasteiger charge is 2.32. The molecule has 1 aromatic rings. The van der Waals surface area contributed by atoms with Gasteiger partial charge < -0.3 is 9.47 Å². The number of esters is 1. The van der Waals surface area contributed by atoms with E-state index >= 15 is 0 Å². The van der Waals surface area contributed by atoms with Crippen molar-refractivity contribution >= 4 is 5.97 Å². The minimum absolute atomic E-state index is 0.193. The number of hydrogen-bond acceptors (Lipinski definition) is 4. The van der Waals surface area contributed by atoms with Crippen molar-refractivity contribution in [2.24, 2.45) is 5.92 Å². The Kier molecular flexibility index (Phi) is 4.80. The second kappa shape index (κ2) is 6.57. The molecule has 0 heterocycles. The second-order valence-corrected chi connectivity index (χ2v) is 4.77. The zero-order valence-corrected chi connectivity index (χ0v) is 11.5. The number of ether oxygens (including phenoxy) is 2. The van der Waals surface area contributed by atoms with Gasteiger partial charge in [-0.25, -0.2) is 0 Å². The number of nitrogens with one attached hydrogen (secondary N) is 1. The molecule has 0 saturated heterocycles. The topological polar surface area (TPSA) is 47.6 Å². The first-order valence-electron chi connectivity index (χ1n) is 6.77. The summed E-state index contributed by atoms with van der Waals surface area (Å²) in [5, 5.41) is 3.30. The van der Waals surface area contributed by atoms with Crippen LogP contribution in [0.5, 0.6) is 5.75 Å². The number of benzene rings is 1. The largest absolute Gasteiger partial charge is 0.497 e. The van der Waals surface area contributed by atoms with Gasteiger partial charge in [-0.3, -0.25) is 10.1 Å². The lowest BCUT2D eigenvalue weighted by molar-refractivity contribution is -0.142. The molecular formula is C15H21NO3. The maximum atomic E-state index is 11.4. The number of carbonyl (C=O) groups is 1. The number of hydrogen-bond donors (Lipinski definition) is 1. The van der Waals surface area contributed by atoms with E-state index in [1.54, 1.807) is 7.11 Å². The predicted octanol–water partition coefficient (Wildman–Crippen LogP) is 2.30. The Balaban J connectivity index is 1.96.